The molecule has 4 bridgehead atoms. The van der Waals surface area contributed by atoms with Crippen LogP contribution in [0.5, 0.6) is 0 Å². The van der Waals surface area contributed by atoms with Crippen LogP contribution in [-0.2, 0) is 22.4 Å². The van der Waals surface area contributed by atoms with Crippen molar-refractivity contribution in [1.29, 1.82) is 0 Å². The molecule has 4 fully saturated rings. The Hall–Kier alpha value is -1.36. The van der Waals surface area contributed by atoms with Gasteiger partial charge in [-0.15, -0.1) is 11.3 Å². The van der Waals surface area contributed by atoms with Crippen LogP contribution in [-0.4, -0.2) is 24.0 Å². The molecule has 1 aromatic heterocycles. The zero-order chi connectivity index (χ0) is 17.7. The van der Waals surface area contributed by atoms with E-state index >= 15 is 0 Å². The topological polar surface area (TPSA) is 55.4 Å². The summed E-state index contributed by atoms with van der Waals surface area (Å²) < 4.78 is 5.34. The van der Waals surface area contributed by atoms with E-state index in [0.29, 0.717) is 4.88 Å². The number of carbonyl (C=O) groups excluding carboxylic acids is 2. The summed E-state index contributed by atoms with van der Waals surface area (Å²) in [5.74, 6) is 1.91. The van der Waals surface area contributed by atoms with Crippen molar-refractivity contribution in [2.45, 2.75) is 69.7 Å². The maximum atomic E-state index is 12.5. The maximum absolute atomic E-state index is 12.5. The van der Waals surface area contributed by atoms with Gasteiger partial charge in [-0.05, 0) is 93.6 Å². The Bertz CT molecular complexity index is 679. The number of esters is 1. The summed E-state index contributed by atoms with van der Waals surface area (Å²) in [6.07, 6.45) is 12.0. The van der Waals surface area contributed by atoms with Crippen molar-refractivity contribution >= 4 is 23.2 Å². The minimum atomic E-state index is -0.343. The minimum Gasteiger partial charge on any atom is -0.451 e. The molecule has 0 saturated heterocycles. The summed E-state index contributed by atoms with van der Waals surface area (Å²) in [6.45, 7) is -0.150. The van der Waals surface area contributed by atoms with Gasteiger partial charge >= 0.3 is 5.97 Å². The predicted octanol–water partition coefficient (Wildman–Crippen LogP) is 3.87. The summed E-state index contributed by atoms with van der Waals surface area (Å²) in [5.41, 5.74) is 1.28. The van der Waals surface area contributed by atoms with Crippen molar-refractivity contribution in [3.05, 3.63) is 21.4 Å². The number of aryl methyl sites for hydroxylation is 2. The highest BCUT2D eigenvalue weighted by molar-refractivity contribution is 7.14. The van der Waals surface area contributed by atoms with Gasteiger partial charge in [-0.1, -0.05) is 0 Å². The Kier molecular flexibility index (Phi) is 4.11. The number of nitrogens with one attached hydrogen (secondary N) is 1. The molecule has 1 N–H and O–H groups in total. The fraction of sp³-hybridized carbons (Fsp3) is 0.714. The van der Waals surface area contributed by atoms with Crippen molar-refractivity contribution in [1.82, 2.24) is 5.32 Å². The molecular weight excluding hydrogens is 346 g/mol. The van der Waals surface area contributed by atoms with Crippen LogP contribution in [0.25, 0.3) is 0 Å². The van der Waals surface area contributed by atoms with Gasteiger partial charge in [-0.2, -0.15) is 0 Å². The van der Waals surface area contributed by atoms with Gasteiger partial charge in [-0.25, -0.2) is 4.79 Å². The van der Waals surface area contributed by atoms with Gasteiger partial charge in [0.25, 0.3) is 5.91 Å². The standard InChI is InChI=1S/C21H27NO3S/c23-19(22-21-9-13-5-14(10-21)7-15(6-13)11-21)12-25-20(24)18-8-16-3-1-2-4-17(16)26-18/h8,13-15H,1-7,9-12H2,(H,22,23). The molecule has 0 spiro atoms. The highest BCUT2D eigenvalue weighted by Crippen LogP contribution is 2.55. The lowest BCUT2D eigenvalue weighted by atomic mass is 9.53. The first kappa shape index (κ1) is 16.8. The fourth-order valence-corrected chi connectivity index (χ4v) is 7.54. The van der Waals surface area contributed by atoms with Crippen LogP contribution in [0.2, 0.25) is 0 Å². The lowest BCUT2D eigenvalue weighted by molar-refractivity contribution is -0.130. The molecule has 4 saturated carbocycles. The molecule has 0 aliphatic heterocycles. The lowest BCUT2D eigenvalue weighted by Gasteiger charge is -2.56. The summed E-state index contributed by atoms with van der Waals surface area (Å²) in [6, 6.07) is 1.97. The molecule has 140 valence electrons. The van der Waals surface area contributed by atoms with Gasteiger partial charge in [-0.3, -0.25) is 4.79 Å². The zero-order valence-corrected chi connectivity index (χ0v) is 16.0. The normalized spacial score (nSPS) is 34.4. The molecular formula is C21H27NO3S. The SMILES string of the molecule is O=C(COC(=O)c1cc2c(s1)CCCC2)NC12CC3CC(CC(C3)C1)C2. The van der Waals surface area contributed by atoms with E-state index < -0.39 is 0 Å². The summed E-state index contributed by atoms with van der Waals surface area (Å²) in [5, 5.41) is 3.27. The maximum Gasteiger partial charge on any atom is 0.348 e. The van der Waals surface area contributed by atoms with Gasteiger partial charge in [0.05, 0.1) is 0 Å². The average molecular weight is 374 g/mol. The lowest BCUT2D eigenvalue weighted by Crippen LogP contribution is -2.60. The van der Waals surface area contributed by atoms with E-state index in [1.165, 1.54) is 42.5 Å². The van der Waals surface area contributed by atoms with Crippen LogP contribution in [0.3, 0.4) is 0 Å². The van der Waals surface area contributed by atoms with Crippen LogP contribution < -0.4 is 5.32 Å². The average Bonchev–Trinajstić information content (AvgIpc) is 3.02. The van der Waals surface area contributed by atoms with Crippen LogP contribution in [0.15, 0.2) is 6.07 Å². The zero-order valence-electron chi connectivity index (χ0n) is 15.2. The summed E-state index contributed by atoms with van der Waals surface area (Å²) >= 11 is 1.54. The number of hydrogen-bond donors (Lipinski definition) is 1. The predicted molar refractivity (Wildman–Crippen MR) is 100 cm³/mol. The quantitative estimate of drug-likeness (QED) is 0.815. The second-order valence-corrected chi connectivity index (χ2v) is 10.2. The Balaban J connectivity index is 1.17. The van der Waals surface area contributed by atoms with E-state index in [1.807, 2.05) is 6.07 Å². The van der Waals surface area contributed by atoms with Gasteiger partial charge < -0.3 is 10.1 Å². The van der Waals surface area contributed by atoms with Gasteiger partial charge in [0.1, 0.15) is 4.88 Å². The van der Waals surface area contributed by atoms with Crippen molar-refractivity contribution in [2.24, 2.45) is 17.8 Å². The van der Waals surface area contributed by atoms with Crippen LogP contribution >= 0.6 is 11.3 Å². The van der Waals surface area contributed by atoms with Crippen LogP contribution in [0.4, 0.5) is 0 Å². The van der Waals surface area contributed by atoms with E-state index in [-0.39, 0.29) is 24.0 Å². The van der Waals surface area contributed by atoms with Crippen molar-refractivity contribution in [3.8, 4) is 0 Å². The molecule has 0 radical (unpaired) electrons. The highest BCUT2D eigenvalue weighted by Gasteiger charge is 2.51. The van der Waals surface area contributed by atoms with Crippen molar-refractivity contribution < 1.29 is 14.3 Å². The molecule has 1 amide bonds. The molecule has 5 aliphatic carbocycles. The van der Waals surface area contributed by atoms with Crippen LogP contribution in [0, 0.1) is 17.8 Å². The summed E-state index contributed by atoms with van der Waals surface area (Å²) in [4.78, 5) is 26.8. The largest absolute Gasteiger partial charge is 0.451 e. The third-order valence-corrected chi connectivity index (χ3v) is 8.19. The van der Waals surface area contributed by atoms with E-state index in [4.69, 9.17) is 4.74 Å². The molecule has 0 aromatic carbocycles. The second kappa shape index (κ2) is 6.36. The number of fused-ring (bicyclic) bond motifs is 1. The van der Waals surface area contributed by atoms with Gasteiger partial charge in [0.15, 0.2) is 6.61 Å². The number of thiophene rings is 1. The number of ether oxygens (including phenoxy) is 1. The summed E-state index contributed by atoms with van der Waals surface area (Å²) in [7, 11) is 0. The number of carbonyl (C=O) groups is 2. The van der Waals surface area contributed by atoms with Gasteiger partial charge in [0.2, 0.25) is 0 Å². The molecule has 5 heteroatoms. The first-order valence-corrected chi connectivity index (χ1v) is 11.0. The molecule has 1 aromatic rings. The van der Waals surface area contributed by atoms with Crippen molar-refractivity contribution in [2.75, 3.05) is 6.61 Å². The van der Waals surface area contributed by atoms with E-state index in [9.17, 15) is 9.59 Å². The highest BCUT2D eigenvalue weighted by atomic mass is 32.1. The van der Waals surface area contributed by atoms with E-state index in [1.54, 1.807) is 11.3 Å². The first-order chi connectivity index (χ1) is 12.6. The fourth-order valence-electron chi connectivity index (χ4n) is 6.39. The Morgan fingerprint density at radius 3 is 2.38 bits per heavy atom. The Morgan fingerprint density at radius 2 is 1.73 bits per heavy atom. The van der Waals surface area contributed by atoms with Gasteiger partial charge in [0, 0.05) is 10.4 Å². The Labute approximate surface area is 158 Å². The molecule has 5 aliphatic rings. The molecule has 26 heavy (non-hydrogen) atoms. The molecule has 0 atom stereocenters. The second-order valence-electron chi connectivity index (χ2n) is 9.09. The third-order valence-electron chi connectivity index (χ3n) is 6.97. The first-order valence-electron chi connectivity index (χ1n) is 10.2. The minimum absolute atomic E-state index is 0.0136. The van der Waals surface area contributed by atoms with E-state index in [0.717, 1.165) is 49.9 Å². The van der Waals surface area contributed by atoms with E-state index in [2.05, 4.69) is 5.32 Å². The Morgan fingerprint density at radius 1 is 1.08 bits per heavy atom. The molecule has 1 heterocycles. The molecule has 0 unspecified atom stereocenters. The smallest absolute Gasteiger partial charge is 0.348 e. The number of rotatable bonds is 4. The number of amides is 1. The number of hydrogen-bond acceptors (Lipinski definition) is 4. The molecule has 4 nitrogen and oxygen atoms in total. The third kappa shape index (κ3) is 3.08. The van der Waals surface area contributed by atoms with Crippen LogP contribution in [0.1, 0.15) is 71.5 Å². The molecule has 6 rings (SSSR count). The monoisotopic (exact) mass is 373 g/mol. The van der Waals surface area contributed by atoms with Crippen molar-refractivity contribution in [3.63, 3.8) is 0 Å².